The molecule has 0 heterocycles. The summed E-state index contributed by atoms with van der Waals surface area (Å²) in [5.41, 5.74) is 6.72. The number of ether oxygens (including phenoxy) is 5. The van der Waals surface area contributed by atoms with Crippen molar-refractivity contribution in [2.75, 3.05) is 46.2 Å². The molecule has 0 aliphatic heterocycles. The lowest BCUT2D eigenvalue weighted by molar-refractivity contribution is -0.149. The lowest BCUT2D eigenvalue weighted by atomic mass is 9.96. The number of aliphatic hydroxyl groups is 1. The Morgan fingerprint density at radius 3 is 2.20 bits per heavy atom. The highest BCUT2D eigenvalue weighted by Gasteiger charge is 2.35. The average molecular weight is 689 g/mol. The van der Waals surface area contributed by atoms with Crippen LogP contribution in [0, 0.1) is 5.92 Å². The van der Waals surface area contributed by atoms with Gasteiger partial charge in [0.25, 0.3) is 0 Å². The van der Waals surface area contributed by atoms with Crippen LogP contribution in [0.2, 0.25) is 0 Å². The average Bonchev–Trinajstić information content (AvgIpc) is 3.04. The van der Waals surface area contributed by atoms with Crippen molar-refractivity contribution < 1.29 is 43.2 Å². The molecule has 0 saturated carbocycles. The van der Waals surface area contributed by atoms with Crippen LogP contribution in [0.25, 0.3) is 0 Å². The zero-order chi connectivity index (χ0) is 36.2. The summed E-state index contributed by atoms with van der Waals surface area (Å²) < 4.78 is 27.6. The molecule has 0 aliphatic rings. The van der Waals surface area contributed by atoms with Gasteiger partial charge in [0.2, 0.25) is 5.91 Å². The zero-order valence-electron chi connectivity index (χ0n) is 29.7. The Balaban J connectivity index is 1.89. The summed E-state index contributed by atoms with van der Waals surface area (Å²) in [6, 6.07) is 14.1. The zero-order valence-corrected chi connectivity index (χ0v) is 29.7. The SMILES string of the molecule is CCOC(=O)[C@H](NCc1cccc(OCCOCCOCCNC(=O)[C@@H](N)C(C)C)c1)[C@H](O)[C@H](Cc1ccccc1)NC(=O)OC(C)(C)C. The van der Waals surface area contributed by atoms with Gasteiger partial charge in [-0.05, 0) is 63.3 Å². The van der Waals surface area contributed by atoms with E-state index in [9.17, 15) is 19.5 Å². The van der Waals surface area contributed by atoms with Crippen LogP contribution in [0.15, 0.2) is 54.6 Å². The van der Waals surface area contributed by atoms with Gasteiger partial charge in [0.15, 0.2) is 0 Å². The molecule has 2 rings (SSSR count). The molecule has 0 aliphatic carbocycles. The largest absolute Gasteiger partial charge is 0.491 e. The highest BCUT2D eigenvalue weighted by Crippen LogP contribution is 2.16. The summed E-state index contributed by atoms with van der Waals surface area (Å²) in [6.45, 7) is 13.2. The molecule has 0 spiro atoms. The van der Waals surface area contributed by atoms with Gasteiger partial charge in [-0.15, -0.1) is 0 Å². The normalized spacial score (nSPS) is 14.0. The first kappa shape index (κ1) is 41.4. The van der Waals surface area contributed by atoms with E-state index in [0.29, 0.717) is 45.3 Å². The molecule has 0 radical (unpaired) electrons. The fraction of sp³-hybridized carbons (Fsp3) is 0.583. The third-order valence-corrected chi connectivity index (χ3v) is 7.15. The molecule has 6 N–H and O–H groups in total. The maximum absolute atomic E-state index is 13.1. The number of carbonyl (C=O) groups excluding carboxylic acids is 3. The molecule has 2 aromatic rings. The number of nitrogens with one attached hydrogen (secondary N) is 3. The van der Waals surface area contributed by atoms with Crippen LogP contribution in [0.4, 0.5) is 4.79 Å². The minimum atomic E-state index is -1.35. The Morgan fingerprint density at radius 1 is 0.898 bits per heavy atom. The number of benzene rings is 2. The molecule has 13 nitrogen and oxygen atoms in total. The Morgan fingerprint density at radius 2 is 1.55 bits per heavy atom. The Bertz CT molecular complexity index is 1260. The molecule has 0 unspecified atom stereocenters. The molecule has 4 atom stereocenters. The van der Waals surface area contributed by atoms with Gasteiger partial charge in [-0.3, -0.25) is 14.9 Å². The van der Waals surface area contributed by atoms with Gasteiger partial charge in [0.1, 0.15) is 30.1 Å². The van der Waals surface area contributed by atoms with E-state index in [-0.39, 0.29) is 31.4 Å². The minimum absolute atomic E-state index is 0.0677. The summed E-state index contributed by atoms with van der Waals surface area (Å²) in [6.07, 6.45) is -1.80. The summed E-state index contributed by atoms with van der Waals surface area (Å²) >= 11 is 0. The first-order valence-corrected chi connectivity index (χ1v) is 16.8. The Hall–Kier alpha value is -3.75. The molecule has 13 heteroatoms. The van der Waals surface area contributed by atoms with E-state index in [1.807, 2.05) is 68.4 Å². The number of alkyl carbamates (subject to hydrolysis) is 1. The second-order valence-electron chi connectivity index (χ2n) is 12.8. The predicted octanol–water partition coefficient (Wildman–Crippen LogP) is 2.72. The van der Waals surface area contributed by atoms with Crippen LogP contribution >= 0.6 is 0 Å². The number of nitrogens with two attached hydrogens (primary N) is 1. The van der Waals surface area contributed by atoms with Gasteiger partial charge in [-0.2, -0.15) is 0 Å². The summed E-state index contributed by atoms with van der Waals surface area (Å²) in [4.78, 5) is 37.6. The van der Waals surface area contributed by atoms with Crippen molar-refractivity contribution >= 4 is 18.0 Å². The standard InChI is InChI=1S/C36H56N4O9/c1-7-47-34(43)31(32(41)29(23-26-12-9-8-10-13-26)40-35(44)49-36(4,5)6)39-24-27-14-11-15-28(22-27)48-21-20-46-19-18-45-17-16-38-33(42)30(37)25(2)3/h8-15,22,25,29-32,39,41H,7,16-21,23-24,37H2,1-6H3,(H,38,42)(H,40,44)/t29-,30-,31+,32+/m0/s1. The van der Waals surface area contributed by atoms with Gasteiger partial charge in [0, 0.05) is 13.1 Å². The quantitative estimate of drug-likeness (QED) is 0.0907. The summed E-state index contributed by atoms with van der Waals surface area (Å²) in [7, 11) is 0. The van der Waals surface area contributed by atoms with Crippen LogP contribution < -0.4 is 26.4 Å². The number of hydrogen-bond acceptors (Lipinski definition) is 11. The van der Waals surface area contributed by atoms with Crippen LogP contribution in [0.1, 0.15) is 52.7 Å². The van der Waals surface area contributed by atoms with Crippen molar-refractivity contribution in [3.8, 4) is 5.75 Å². The van der Waals surface area contributed by atoms with Crippen LogP contribution in [0.3, 0.4) is 0 Å². The second-order valence-corrected chi connectivity index (χ2v) is 12.8. The minimum Gasteiger partial charge on any atom is -0.491 e. The number of rotatable bonds is 22. The molecule has 0 saturated heterocycles. The summed E-state index contributed by atoms with van der Waals surface area (Å²) in [5.74, 6) is -0.162. The third kappa shape index (κ3) is 17.0. The number of hydrogen-bond donors (Lipinski definition) is 5. The first-order valence-electron chi connectivity index (χ1n) is 16.8. The van der Waals surface area contributed by atoms with Gasteiger partial charge in [0.05, 0.1) is 45.1 Å². The van der Waals surface area contributed by atoms with Crippen molar-refractivity contribution in [2.45, 2.75) is 84.3 Å². The van der Waals surface area contributed by atoms with Crippen molar-refractivity contribution in [2.24, 2.45) is 11.7 Å². The van der Waals surface area contributed by atoms with Gasteiger partial charge >= 0.3 is 12.1 Å². The Kier molecular flexibility index (Phi) is 18.7. The molecule has 0 fully saturated rings. The van der Waals surface area contributed by atoms with E-state index in [4.69, 9.17) is 29.4 Å². The first-order chi connectivity index (χ1) is 23.3. The fourth-order valence-corrected chi connectivity index (χ4v) is 4.57. The molecule has 0 aromatic heterocycles. The smallest absolute Gasteiger partial charge is 0.407 e. The number of carbonyl (C=O) groups is 3. The van der Waals surface area contributed by atoms with E-state index in [2.05, 4.69) is 16.0 Å². The molecule has 2 aromatic carbocycles. The summed E-state index contributed by atoms with van der Waals surface area (Å²) in [5, 5.41) is 20.1. The van der Waals surface area contributed by atoms with Crippen molar-refractivity contribution in [3.63, 3.8) is 0 Å². The molecule has 0 bridgehead atoms. The van der Waals surface area contributed by atoms with E-state index >= 15 is 0 Å². The van der Waals surface area contributed by atoms with Crippen molar-refractivity contribution in [1.82, 2.24) is 16.0 Å². The van der Waals surface area contributed by atoms with Crippen LogP contribution in [-0.4, -0.2) is 99.1 Å². The second kappa shape index (κ2) is 22.1. The lowest BCUT2D eigenvalue weighted by Gasteiger charge is -2.31. The topological polar surface area (TPSA) is 180 Å². The number of amides is 2. The molecule has 49 heavy (non-hydrogen) atoms. The Labute approximate surface area is 290 Å². The lowest BCUT2D eigenvalue weighted by Crippen LogP contribution is -2.57. The van der Waals surface area contributed by atoms with E-state index in [1.165, 1.54) is 0 Å². The predicted molar refractivity (Wildman–Crippen MR) is 186 cm³/mol. The molecular weight excluding hydrogens is 632 g/mol. The van der Waals surface area contributed by atoms with E-state index in [0.717, 1.165) is 11.1 Å². The van der Waals surface area contributed by atoms with Crippen molar-refractivity contribution in [1.29, 1.82) is 0 Å². The van der Waals surface area contributed by atoms with E-state index in [1.54, 1.807) is 27.7 Å². The number of esters is 1. The molecular formula is C36H56N4O9. The van der Waals surface area contributed by atoms with Gasteiger partial charge < -0.3 is 45.2 Å². The highest BCUT2D eigenvalue weighted by atomic mass is 16.6. The third-order valence-electron chi connectivity index (χ3n) is 7.15. The monoisotopic (exact) mass is 688 g/mol. The fourth-order valence-electron chi connectivity index (χ4n) is 4.57. The van der Waals surface area contributed by atoms with Crippen LogP contribution in [-0.2, 0) is 41.5 Å². The van der Waals surface area contributed by atoms with Crippen LogP contribution in [0.5, 0.6) is 5.75 Å². The number of aliphatic hydroxyl groups excluding tert-OH is 1. The van der Waals surface area contributed by atoms with Gasteiger partial charge in [-0.25, -0.2) is 4.79 Å². The maximum Gasteiger partial charge on any atom is 0.407 e. The molecule has 2 amide bonds. The van der Waals surface area contributed by atoms with Crippen molar-refractivity contribution in [3.05, 3.63) is 65.7 Å². The molecule has 274 valence electrons. The van der Waals surface area contributed by atoms with Gasteiger partial charge in [-0.1, -0.05) is 56.3 Å². The maximum atomic E-state index is 13.1. The van der Waals surface area contributed by atoms with E-state index < -0.39 is 41.9 Å². The highest BCUT2D eigenvalue weighted by molar-refractivity contribution is 5.81.